The van der Waals surface area contributed by atoms with Crippen molar-refractivity contribution in [3.63, 3.8) is 0 Å². The number of benzene rings is 1. The highest BCUT2D eigenvalue weighted by molar-refractivity contribution is 5.98. The topological polar surface area (TPSA) is 111 Å². The predicted octanol–water partition coefficient (Wildman–Crippen LogP) is 1.65. The van der Waals surface area contributed by atoms with Gasteiger partial charge in [0.1, 0.15) is 17.4 Å². The lowest BCUT2D eigenvalue weighted by Gasteiger charge is -2.14. The van der Waals surface area contributed by atoms with Crippen molar-refractivity contribution in [1.29, 1.82) is 0 Å². The molecule has 0 amide bonds. The number of ether oxygens (including phenoxy) is 3. The number of imidazole rings is 1. The molecule has 0 aliphatic carbocycles. The lowest BCUT2D eigenvalue weighted by Crippen LogP contribution is -2.12. The smallest absolute Gasteiger partial charge is 0.344 e. The van der Waals surface area contributed by atoms with Crippen LogP contribution in [-0.4, -0.2) is 40.1 Å². The Balaban J connectivity index is 1.76. The average molecular weight is 327 g/mol. The number of aromatic nitrogens is 4. The van der Waals surface area contributed by atoms with Gasteiger partial charge in [0.25, 0.3) is 0 Å². The summed E-state index contributed by atoms with van der Waals surface area (Å²) in [6.07, 6.45) is 2.21. The quantitative estimate of drug-likeness (QED) is 0.696. The second kappa shape index (κ2) is 5.37. The van der Waals surface area contributed by atoms with Gasteiger partial charge in [-0.3, -0.25) is 0 Å². The van der Waals surface area contributed by atoms with E-state index in [1.165, 1.54) is 26.9 Å². The van der Waals surface area contributed by atoms with Crippen LogP contribution in [0.25, 0.3) is 11.2 Å². The molecule has 0 saturated carbocycles. The Hall–Kier alpha value is -3.36. The van der Waals surface area contributed by atoms with Gasteiger partial charge >= 0.3 is 5.97 Å². The van der Waals surface area contributed by atoms with Crippen LogP contribution in [0, 0.1) is 0 Å². The van der Waals surface area contributed by atoms with Crippen molar-refractivity contribution < 1.29 is 19.0 Å². The number of cyclic esters (lactones) is 1. The molecule has 4 rings (SSSR count). The van der Waals surface area contributed by atoms with E-state index in [0.29, 0.717) is 39.6 Å². The third-order valence-corrected chi connectivity index (χ3v) is 3.78. The first kappa shape index (κ1) is 14.2. The zero-order valence-corrected chi connectivity index (χ0v) is 12.9. The summed E-state index contributed by atoms with van der Waals surface area (Å²) < 4.78 is 16.0. The van der Waals surface area contributed by atoms with Crippen LogP contribution in [0.1, 0.15) is 22.1 Å². The number of carbonyl (C=O) groups excluding carboxylic acids is 1. The highest BCUT2D eigenvalue weighted by Crippen LogP contribution is 2.42. The van der Waals surface area contributed by atoms with E-state index in [2.05, 4.69) is 25.3 Å². The van der Waals surface area contributed by atoms with Gasteiger partial charge in [-0.2, -0.15) is 0 Å². The second-order valence-electron chi connectivity index (χ2n) is 5.02. The van der Waals surface area contributed by atoms with Gasteiger partial charge in [-0.05, 0) is 12.1 Å². The number of rotatable bonds is 4. The van der Waals surface area contributed by atoms with Gasteiger partial charge in [-0.1, -0.05) is 0 Å². The van der Waals surface area contributed by atoms with E-state index >= 15 is 0 Å². The van der Waals surface area contributed by atoms with Crippen LogP contribution in [0.2, 0.25) is 0 Å². The lowest BCUT2D eigenvalue weighted by atomic mass is 10.1. The van der Waals surface area contributed by atoms with Crippen LogP contribution < -0.4 is 14.8 Å². The van der Waals surface area contributed by atoms with Crippen LogP contribution in [0.3, 0.4) is 0 Å². The third-order valence-electron chi connectivity index (χ3n) is 3.78. The summed E-state index contributed by atoms with van der Waals surface area (Å²) in [7, 11) is 2.99. The Kier molecular flexibility index (Phi) is 3.19. The minimum atomic E-state index is -0.700. The standard InChI is InChI=1S/C15H13N5O4/c1-22-8-4-3-7-9(11(8)23-2)15(21)24-14(7)20-13-10-12(17-5-16-10)18-6-19-13/h3-6,14H,1-2H3,(H2,16,17,18,19,20). The molecule has 1 unspecified atom stereocenters. The predicted molar refractivity (Wildman–Crippen MR) is 83.0 cm³/mol. The van der Waals surface area contributed by atoms with Crippen molar-refractivity contribution in [2.75, 3.05) is 19.5 Å². The molecule has 2 aromatic heterocycles. The van der Waals surface area contributed by atoms with E-state index in [0.717, 1.165) is 0 Å². The van der Waals surface area contributed by atoms with E-state index in [1.807, 2.05) is 0 Å². The Morgan fingerprint density at radius 2 is 2.08 bits per heavy atom. The molecule has 0 spiro atoms. The van der Waals surface area contributed by atoms with E-state index in [9.17, 15) is 4.79 Å². The first-order valence-electron chi connectivity index (χ1n) is 7.09. The average Bonchev–Trinajstić information content (AvgIpc) is 3.20. The minimum absolute atomic E-state index is 0.337. The number of nitrogens with zero attached hydrogens (tertiary/aromatic N) is 3. The fourth-order valence-electron chi connectivity index (χ4n) is 2.71. The van der Waals surface area contributed by atoms with Gasteiger partial charge in [0, 0.05) is 5.56 Å². The molecule has 0 bridgehead atoms. The number of anilines is 1. The van der Waals surface area contributed by atoms with E-state index < -0.39 is 12.2 Å². The highest BCUT2D eigenvalue weighted by Gasteiger charge is 2.36. The summed E-state index contributed by atoms with van der Waals surface area (Å²) in [5.41, 5.74) is 2.13. The van der Waals surface area contributed by atoms with Crippen LogP contribution in [0.5, 0.6) is 11.5 Å². The number of esters is 1. The second-order valence-corrected chi connectivity index (χ2v) is 5.02. The SMILES string of the molecule is COc1ccc2c(c1OC)C(=O)OC2Nc1ncnc2nc[nH]c12. The number of carbonyl (C=O) groups is 1. The molecule has 24 heavy (non-hydrogen) atoms. The van der Waals surface area contributed by atoms with Crippen molar-refractivity contribution in [3.05, 3.63) is 35.9 Å². The normalized spacial score (nSPS) is 15.9. The van der Waals surface area contributed by atoms with Gasteiger partial charge < -0.3 is 24.5 Å². The van der Waals surface area contributed by atoms with Gasteiger partial charge in [0.05, 0.1) is 20.5 Å². The maximum atomic E-state index is 12.3. The molecule has 1 atom stereocenters. The maximum Gasteiger partial charge on any atom is 0.344 e. The number of fused-ring (bicyclic) bond motifs is 2. The largest absolute Gasteiger partial charge is 0.493 e. The fourth-order valence-corrected chi connectivity index (χ4v) is 2.71. The molecular weight excluding hydrogens is 314 g/mol. The molecule has 0 fully saturated rings. The Bertz CT molecular complexity index is 939. The number of hydrogen-bond donors (Lipinski definition) is 2. The molecular formula is C15H13N5O4. The maximum absolute atomic E-state index is 12.3. The molecule has 1 aromatic carbocycles. The highest BCUT2D eigenvalue weighted by atomic mass is 16.6. The fraction of sp³-hybridized carbons (Fsp3) is 0.200. The van der Waals surface area contributed by atoms with E-state index in [1.54, 1.807) is 12.1 Å². The number of hydrogen-bond acceptors (Lipinski definition) is 8. The first-order valence-corrected chi connectivity index (χ1v) is 7.09. The van der Waals surface area contributed by atoms with E-state index in [4.69, 9.17) is 14.2 Å². The summed E-state index contributed by atoms with van der Waals surface area (Å²) >= 11 is 0. The van der Waals surface area contributed by atoms with Crippen molar-refractivity contribution in [2.45, 2.75) is 6.23 Å². The molecule has 1 aliphatic rings. The van der Waals surface area contributed by atoms with Crippen molar-refractivity contribution in [1.82, 2.24) is 19.9 Å². The number of H-pyrrole nitrogens is 1. The zero-order valence-electron chi connectivity index (χ0n) is 12.9. The van der Waals surface area contributed by atoms with Crippen molar-refractivity contribution >= 4 is 23.0 Å². The van der Waals surface area contributed by atoms with Crippen LogP contribution in [0.4, 0.5) is 5.82 Å². The number of aromatic amines is 1. The van der Waals surface area contributed by atoms with Gasteiger partial charge in [0.15, 0.2) is 23.0 Å². The number of nitrogens with one attached hydrogen (secondary N) is 2. The van der Waals surface area contributed by atoms with Crippen LogP contribution in [0.15, 0.2) is 24.8 Å². The van der Waals surface area contributed by atoms with E-state index in [-0.39, 0.29) is 0 Å². The molecule has 0 radical (unpaired) electrons. The molecule has 0 saturated heterocycles. The third kappa shape index (κ3) is 2.02. The molecule has 122 valence electrons. The summed E-state index contributed by atoms with van der Waals surface area (Å²) in [4.78, 5) is 27.5. The molecule has 2 N–H and O–H groups in total. The van der Waals surface area contributed by atoms with Crippen LogP contribution >= 0.6 is 0 Å². The van der Waals surface area contributed by atoms with Gasteiger partial charge in [-0.25, -0.2) is 19.7 Å². The molecule has 1 aliphatic heterocycles. The van der Waals surface area contributed by atoms with Gasteiger partial charge in [0.2, 0.25) is 6.23 Å². The summed E-state index contributed by atoms with van der Waals surface area (Å²) in [5.74, 6) is 0.802. The monoisotopic (exact) mass is 327 g/mol. The van der Waals surface area contributed by atoms with Gasteiger partial charge in [-0.15, -0.1) is 0 Å². The van der Waals surface area contributed by atoms with Crippen molar-refractivity contribution in [3.8, 4) is 11.5 Å². The first-order chi connectivity index (χ1) is 11.7. The van der Waals surface area contributed by atoms with Crippen molar-refractivity contribution in [2.24, 2.45) is 0 Å². The molecule has 3 heterocycles. The molecule has 3 aromatic rings. The Morgan fingerprint density at radius 1 is 1.21 bits per heavy atom. The summed E-state index contributed by atoms with van der Waals surface area (Å²) in [5, 5.41) is 3.08. The summed E-state index contributed by atoms with van der Waals surface area (Å²) in [6, 6.07) is 3.48. The summed E-state index contributed by atoms with van der Waals surface area (Å²) in [6.45, 7) is 0. The lowest BCUT2D eigenvalue weighted by molar-refractivity contribution is 0.0434. The molecule has 9 nitrogen and oxygen atoms in total. The Morgan fingerprint density at radius 3 is 2.88 bits per heavy atom. The molecule has 9 heteroatoms. The Labute approximate surface area is 136 Å². The minimum Gasteiger partial charge on any atom is -0.493 e. The van der Waals surface area contributed by atoms with Crippen LogP contribution in [-0.2, 0) is 4.74 Å². The number of methoxy groups -OCH3 is 2. The zero-order chi connectivity index (χ0) is 16.7.